The smallest absolute Gasteiger partial charge is 0.251 e. The van der Waals surface area contributed by atoms with Crippen molar-refractivity contribution < 1.29 is 13.2 Å². The third kappa shape index (κ3) is 3.40. The van der Waals surface area contributed by atoms with Crippen molar-refractivity contribution in [3.05, 3.63) is 35.9 Å². The number of carbonyl (C=O) groups excluding carboxylic acids is 1. The molecule has 0 saturated carbocycles. The van der Waals surface area contributed by atoms with Crippen LogP contribution in [0.4, 0.5) is 0 Å². The lowest BCUT2D eigenvalue weighted by molar-refractivity contribution is 0.0960. The van der Waals surface area contributed by atoms with E-state index in [1.807, 2.05) is 0 Å². The van der Waals surface area contributed by atoms with Crippen LogP contribution in [-0.4, -0.2) is 26.2 Å². The van der Waals surface area contributed by atoms with E-state index in [2.05, 4.69) is 5.32 Å². The average Bonchev–Trinajstić information content (AvgIpc) is 2.18. The summed E-state index contributed by atoms with van der Waals surface area (Å²) in [5.41, 5.74) is 0.512. The summed E-state index contributed by atoms with van der Waals surface area (Å²) in [5.74, 6) is -0.285. The lowest BCUT2D eigenvalue weighted by atomic mass is 10.2. The molecule has 1 rings (SSSR count). The molecule has 0 aliphatic carbocycles. The number of carbonyl (C=O) groups is 1. The average molecular weight is 211 g/mol. The molecule has 0 aliphatic heterocycles. The second-order valence-electron chi connectivity index (χ2n) is 2.50. The maximum absolute atomic E-state index is 11.3. The first-order valence-electron chi connectivity index (χ1n) is 3.95. The Labute approximate surface area is 83.1 Å². The van der Waals surface area contributed by atoms with Crippen molar-refractivity contribution in [2.24, 2.45) is 0 Å². The van der Waals surface area contributed by atoms with Gasteiger partial charge in [0.05, 0.1) is 11.9 Å². The van der Waals surface area contributed by atoms with Crippen molar-refractivity contribution >= 4 is 21.6 Å². The predicted octanol–water partition coefficient (Wildman–Crippen LogP) is 0.0977. The molecule has 1 aromatic carbocycles. The summed E-state index contributed by atoms with van der Waals surface area (Å²) in [6, 6.07) is 8.59. The van der Waals surface area contributed by atoms with Gasteiger partial charge >= 0.3 is 0 Å². The van der Waals surface area contributed by atoms with E-state index in [1.165, 1.54) is 0 Å². The van der Waals surface area contributed by atoms with Gasteiger partial charge in [-0.1, -0.05) is 18.2 Å². The summed E-state index contributed by atoms with van der Waals surface area (Å²) in [5, 5.41) is 3.43. The van der Waals surface area contributed by atoms with Gasteiger partial charge in [-0.25, -0.2) is 0 Å². The Kier molecular flexibility index (Phi) is 3.87. The summed E-state index contributed by atoms with van der Waals surface area (Å²) in [6.45, 7) is 0.0177. The summed E-state index contributed by atoms with van der Waals surface area (Å²) in [7, 11) is -2.23. The van der Waals surface area contributed by atoms with Gasteiger partial charge in [-0.15, -0.1) is 0 Å². The van der Waals surface area contributed by atoms with Crippen LogP contribution in [0.15, 0.2) is 30.3 Å². The molecule has 0 aliphatic rings. The quantitative estimate of drug-likeness (QED) is 0.721. The van der Waals surface area contributed by atoms with Gasteiger partial charge in [0.1, 0.15) is 0 Å². The van der Waals surface area contributed by atoms with Crippen molar-refractivity contribution in [1.29, 1.82) is 0 Å². The monoisotopic (exact) mass is 211 g/mol. The molecule has 0 bridgehead atoms. The van der Waals surface area contributed by atoms with Crippen LogP contribution >= 0.6 is 0 Å². The number of amides is 1. The summed E-state index contributed by atoms with van der Waals surface area (Å²) in [4.78, 5) is 11.3. The van der Waals surface area contributed by atoms with E-state index in [9.17, 15) is 13.2 Å². The molecule has 14 heavy (non-hydrogen) atoms. The van der Waals surface area contributed by atoms with Crippen LogP contribution in [0.25, 0.3) is 0 Å². The molecule has 1 N–H and O–H groups in total. The molecule has 0 aromatic heterocycles. The maximum Gasteiger partial charge on any atom is 0.251 e. The van der Waals surface area contributed by atoms with Crippen molar-refractivity contribution in [3.63, 3.8) is 0 Å². The van der Waals surface area contributed by atoms with Crippen LogP contribution in [-0.2, 0) is 10.3 Å². The Morgan fingerprint density at radius 1 is 1.29 bits per heavy atom. The fourth-order valence-corrected chi connectivity index (χ4v) is 1.11. The SMILES string of the molecule is O=C(NCC=S(=O)=O)c1ccccc1. The number of hydrogen-bond donors (Lipinski definition) is 1. The Balaban J connectivity index is 2.56. The molecule has 0 atom stereocenters. The first-order valence-corrected chi connectivity index (χ1v) is 5.08. The molecular weight excluding hydrogens is 202 g/mol. The van der Waals surface area contributed by atoms with Crippen LogP contribution in [0.3, 0.4) is 0 Å². The third-order valence-corrected chi connectivity index (χ3v) is 1.96. The topological polar surface area (TPSA) is 63.2 Å². The fourth-order valence-electron chi connectivity index (χ4n) is 0.894. The number of benzene rings is 1. The Morgan fingerprint density at radius 2 is 1.93 bits per heavy atom. The van der Waals surface area contributed by atoms with E-state index >= 15 is 0 Å². The van der Waals surface area contributed by atoms with Crippen molar-refractivity contribution in [3.8, 4) is 0 Å². The maximum atomic E-state index is 11.3. The zero-order valence-electron chi connectivity index (χ0n) is 7.30. The largest absolute Gasteiger partial charge is 0.348 e. The molecule has 1 aromatic rings. The van der Waals surface area contributed by atoms with E-state index < -0.39 is 10.3 Å². The van der Waals surface area contributed by atoms with Gasteiger partial charge < -0.3 is 5.32 Å². The summed E-state index contributed by atoms with van der Waals surface area (Å²) >= 11 is 0. The minimum atomic E-state index is -2.23. The number of hydrogen-bond acceptors (Lipinski definition) is 3. The van der Waals surface area contributed by atoms with Crippen LogP contribution in [0.2, 0.25) is 0 Å². The van der Waals surface area contributed by atoms with Crippen molar-refractivity contribution in [2.75, 3.05) is 6.54 Å². The predicted molar refractivity (Wildman–Crippen MR) is 53.8 cm³/mol. The van der Waals surface area contributed by atoms with Gasteiger partial charge in [-0.3, -0.25) is 4.79 Å². The molecular formula is C9H9NO3S. The Morgan fingerprint density at radius 3 is 2.50 bits per heavy atom. The molecule has 1 amide bonds. The van der Waals surface area contributed by atoms with Crippen LogP contribution in [0, 0.1) is 0 Å². The molecule has 0 unspecified atom stereocenters. The highest BCUT2D eigenvalue weighted by Crippen LogP contribution is 1.96. The Hall–Kier alpha value is -1.62. The summed E-state index contributed by atoms with van der Waals surface area (Å²) in [6.07, 6.45) is 0. The molecule has 0 saturated heterocycles. The van der Waals surface area contributed by atoms with Gasteiger partial charge in [0.25, 0.3) is 5.91 Å². The second kappa shape index (κ2) is 5.18. The zero-order valence-corrected chi connectivity index (χ0v) is 8.12. The summed E-state index contributed by atoms with van der Waals surface area (Å²) < 4.78 is 20.2. The number of rotatable bonds is 3. The molecule has 5 heteroatoms. The van der Waals surface area contributed by atoms with Gasteiger partial charge in [-0.05, 0) is 12.1 Å². The van der Waals surface area contributed by atoms with Crippen LogP contribution < -0.4 is 5.32 Å². The highest BCUT2D eigenvalue weighted by Gasteiger charge is 2.01. The zero-order chi connectivity index (χ0) is 10.4. The van der Waals surface area contributed by atoms with E-state index in [0.717, 1.165) is 5.37 Å². The lowest BCUT2D eigenvalue weighted by Gasteiger charge is -1.99. The van der Waals surface area contributed by atoms with Gasteiger partial charge in [0.2, 0.25) is 10.3 Å². The molecule has 0 heterocycles. The van der Waals surface area contributed by atoms with Crippen molar-refractivity contribution in [1.82, 2.24) is 5.32 Å². The lowest BCUT2D eigenvalue weighted by Crippen LogP contribution is -2.25. The fraction of sp³-hybridized carbons (Fsp3) is 0.111. The highest BCUT2D eigenvalue weighted by molar-refractivity contribution is 7.71. The van der Waals surface area contributed by atoms with Crippen LogP contribution in [0.1, 0.15) is 10.4 Å². The van der Waals surface area contributed by atoms with E-state index in [1.54, 1.807) is 30.3 Å². The Bertz CT molecular complexity index is 428. The van der Waals surface area contributed by atoms with Gasteiger partial charge in [-0.2, -0.15) is 8.42 Å². The second-order valence-corrected chi connectivity index (χ2v) is 3.36. The first kappa shape index (κ1) is 10.5. The van der Waals surface area contributed by atoms with E-state index in [4.69, 9.17) is 0 Å². The van der Waals surface area contributed by atoms with E-state index in [0.29, 0.717) is 5.56 Å². The first-order chi connectivity index (χ1) is 6.70. The molecule has 0 fully saturated rings. The van der Waals surface area contributed by atoms with Gasteiger partial charge in [0, 0.05) is 5.56 Å². The minimum absolute atomic E-state index is 0.0177. The molecule has 0 spiro atoms. The van der Waals surface area contributed by atoms with Crippen molar-refractivity contribution in [2.45, 2.75) is 0 Å². The van der Waals surface area contributed by atoms with Crippen LogP contribution in [0.5, 0.6) is 0 Å². The van der Waals surface area contributed by atoms with Gasteiger partial charge in [0.15, 0.2) is 0 Å². The highest BCUT2D eigenvalue weighted by atomic mass is 32.2. The standard InChI is InChI=1S/C9H9NO3S/c11-9(10-6-7-14(12)13)8-4-2-1-3-5-8/h1-5,7H,6H2,(H,10,11). The molecule has 4 nitrogen and oxygen atoms in total. The number of nitrogens with one attached hydrogen (secondary N) is 1. The third-order valence-electron chi connectivity index (χ3n) is 1.52. The minimum Gasteiger partial charge on any atom is -0.348 e. The van der Waals surface area contributed by atoms with E-state index in [-0.39, 0.29) is 12.5 Å². The molecule has 0 radical (unpaired) electrons. The normalized spacial score (nSPS) is 9.14. The molecule has 74 valence electrons.